The Labute approximate surface area is 162 Å². The van der Waals surface area contributed by atoms with E-state index < -0.39 is 0 Å². The van der Waals surface area contributed by atoms with Crippen molar-refractivity contribution in [3.63, 3.8) is 0 Å². The van der Waals surface area contributed by atoms with Crippen molar-refractivity contribution in [3.05, 3.63) is 72.8 Å². The first-order valence-corrected chi connectivity index (χ1v) is 9.35. The molecule has 0 saturated heterocycles. The van der Waals surface area contributed by atoms with Gasteiger partial charge in [-0.25, -0.2) is 15.0 Å². The monoisotopic (exact) mass is 369 g/mol. The topological polar surface area (TPSA) is 73.7 Å². The molecule has 3 aromatic heterocycles. The molecular weight excluding hydrogens is 350 g/mol. The SMILES string of the molecule is Cc1ncc(-c2cncnc2)c(OCC2CC2c2ccc3ccccc3n2)n1. The predicted octanol–water partition coefficient (Wildman–Crippen LogP) is 3.97. The highest BCUT2D eigenvalue weighted by molar-refractivity contribution is 5.78. The molecule has 0 radical (unpaired) electrons. The summed E-state index contributed by atoms with van der Waals surface area (Å²) in [5, 5.41) is 1.17. The van der Waals surface area contributed by atoms with Crippen molar-refractivity contribution in [2.75, 3.05) is 6.61 Å². The number of nitrogens with zero attached hydrogens (tertiary/aromatic N) is 5. The molecule has 0 aliphatic heterocycles. The quantitative estimate of drug-likeness (QED) is 0.530. The van der Waals surface area contributed by atoms with E-state index in [9.17, 15) is 0 Å². The summed E-state index contributed by atoms with van der Waals surface area (Å²) in [6.45, 7) is 2.47. The fraction of sp³-hybridized carbons (Fsp3) is 0.227. The highest BCUT2D eigenvalue weighted by Crippen LogP contribution is 2.47. The van der Waals surface area contributed by atoms with E-state index in [1.807, 2.05) is 19.1 Å². The van der Waals surface area contributed by atoms with E-state index in [0.717, 1.165) is 28.8 Å². The fourth-order valence-corrected chi connectivity index (χ4v) is 3.46. The molecule has 1 saturated carbocycles. The zero-order valence-corrected chi connectivity index (χ0v) is 15.5. The first-order valence-electron chi connectivity index (χ1n) is 9.35. The molecule has 6 heteroatoms. The second kappa shape index (κ2) is 6.96. The van der Waals surface area contributed by atoms with Crippen LogP contribution in [0, 0.1) is 12.8 Å². The van der Waals surface area contributed by atoms with Crippen molar-refractivity contribution in [2.24, 2.45) is 5.92 Å². The maximum Gasteiger partial charge on any atom is 0.224 e. The number of ether oxygens (including phenoxy) is 1. The number of rotatable bonds is 5. The molecule has 28 heavy (non-hydrogen) atoms. The van der Waals surface area contributed by atoms with Crippen LogP contribution in [0.25, 0.3) is 22.0 Å². The molecule has 1 fully saturated rings. The molecule has 3 heterocycles. The van der Waals surface area contributed by atoms with Crippen LogP contribution in [0.2, 0.25) is 0 Å². The molecule has 2 atom stereocenters. The van der Waals surface area contributed by atoms with Gasteiger partial charge in [-0.05, 0) is 25.5 Å². The largest absolute Gasteiger partial charge is 0.477 e. The number of hydrogen-bond donors (Lipinski definition) is 0. The number of pyridine rings is 1. The van der Waals surface area contributed by atoms with Crippen molar-refractivity contribution in [2.45, 2.75) is 19.3 Å². The zero-order chi connectivity index (χ0) is 18.9. The van der Waals surface area contributed by atoms with Crippen LogP contribution in [-0.4, -0.2) is 31.5 Å². The summed E-state index contributed by atoms with van der Waals surface area (Å²) in [7, 11) is 0. The Morgan fingerprint density at radius 3 is 2.75 bits per heavy atom. The summed E-state index contributed by atoms with van der Waals surface area (Å²) < 4.78 is 6.10. The van der Waals surface area contributed by atoms with Gasteiger partial charge in [0.1, 0.15) is 12.2 Å². The standard InChI is InChI=1S/C22H19N5O/c1-14-25-11-19(17-9-23-13-24-10-17)22(26-14)28-12-16-8-18(16)21-7-6-15-4-2-3-5-20(15)27-21/h2-7,9-11,13,16,18H,8,12H2,1H3. The number of benzene rings is 1. The third-order valence-electron chi connectivity index (χ3n) is 5.10. The average molecular weight is 369 g/mol. The number of hydrogen-bond acceptors (Lipinski definition) is 6. The third kappa shape index (κ3) is 3.29. The number of aryl methyl sites for hydroxylation is 1. The predicted molar refractivity (Wildman–Crippen MR) is 106 cm³/mol. The van der Waals surface area contributed by atoms with E-state index >= 15 is 0 Å². The molecule has 1 aliphatic rings. The minimum Gasteiger partial charge on any atom is -0.477 e. The van der Waals surface area contributed by atoms with Crippen molar-refractivity contribution in [1.82, 2.24) is 24.9 Å². The van der Waals surface area contributed by atoms with Crippen LogP contribution in [0.1, 0.15) is 23.9 Å². The Kier molecular flexibility index (Phi) is 4.16. The van der Waals surface area contributed by atoms with Gasteiger partial charge in [-0.3, -0.25) is 4.98 Å². The Hall–Kier alpha value is -3.41. The number of fused-ring (bicyclic) bond motifs is 1. The molecule has 5 rings (SSSR count). The normalized spacial score (nSPS) is 18.2. The maximum atomic E-state index is 6.10. The Bertz CT molecular complexity index is 1130. The van der Waals surface area contributed by atoms with Gasteiger partial charge in [0.05, 0.1) is 17.7 Å². The van der Waals surface area contributed by atoms with Gasteiger partial charge < -0.3 is 4.74 Å². The van der Waals surface area contributed by atoms with E-state index in [2.05, 4.69) is 44.2 Å². The first-order chi connectivity index (χ1) is 13.8. The lowest BCUT2D eigenvalue weighted by Crippen LogP contribution is -2.06. The van der Waals surface area contributed by atoms with Gasteiger partial charge in [0.2, 0.25) is 5.88 Å². The summed E-state index contributed by atoms with van der Waals surface area (Å²) in [5.74, 6) is 2.15. The van der Waals surface area contributed by atoms with Gasteiger partial charge in [0.25, 0.3) is 0 Å². The van der Waals surface area contributed by atoms with Crippen molar-refractivity contribution in [3.8, 4) is 17.0 Å². The lowest BCUT2D eigenvalue weighted by molar-refractivity contribution is 0.285. The van der Waals surface area contributed by atoms with Crippen molar-refractivity contribution >= 4 is 10.9 Å². The van der Waals surface area contributed by atoms with Gasteiger partial charge >= 0.3 is 0 Å². The molecule has 6 nitrogen and oxygen atoms in total. The van der Waals surface area contributed by atoms with Crippen LogP contribution in [0.15, 0.2) is 61.3 Å². The molecule has 1 aromatic carbocycles. The minimum absolute atomic E-state index is 0.441. The molecule has 2 unspecified atom stereocenters. The average Bonchev–Trinajstić information content (AvgIpc) is 3.52. The minimum atomic E-state index is 0.441. The van der Waals surface area contributed by atoms with E-state index in [4.69, 9.17) is 9.72 Å². The molecule has 0 spiro atoms. The smallest absolute Gasteiger partial charge is 0.224 e. The Balaban J connectivity index is 1.32. The molecular formula is C22H19N5O. The summed E-state index contributed by atoms with van der Waals surface area (Å²) in [6.07, 6.45) is 7.84. The summed E-state index contributed by atoms with van der Waals surface area (Å²) in [4.78, 5) is 21.8. The second-order valence-corrected chi connectivity index (χ2v) is 7.11. The summed E-state index contributed by atoms with van der Waals surface area (Å²) >= 11 is 0. The maximum absolute atomic E-state index is 6.10. The van der Waals surface area contributed by atoms with Gasteiger partial charge in [-0.2, -0.15) is 4.98 Å². The van der Waals surface area contributed by atoms with Crippen LogP contribution >= 0.6 is 0 Å². The number of aromatic nitrogens is 5. The lowest BCUT2D eigenvalue weighted by atomic mass is 10.1. The Morgan fingerprint density at radius 1 is 1.00 bits per heavy atom. The molecule has 0 amide bonds. The van der Waals surface area contributed by atoms with Crippen LogP contribution in [0.3, 0.4) is 0 Å². The van der Waals surface area contributed by atoms with E-state index in [0.29, 0.717) is 30.1 Å². The highest BCUT2D eigenvalue weighted by Gasteiger charge is 2.40. The highest BCUT2D eigenvalue weighted by atomic mass is 16.5. The van der Waals surface area contributed by atoms with Crippen LogP contribution in [0.5, 0.6) is 5.88 Å². The van der Waals surface area contributed by atoms with Gasteiger partial charge in [0.15, 0.2) is 0 Å². The zero-order valence-electron chi connectivity index (χ0n) is 15.5. The van der Waals surface area contributed by atoms with Gasteiger partial charge in [0, 0.05) is 47.1 Å². The van der Waals surface area contributed by atoms with Crippen molar-refractivity contribution < 1.29 is 4.74 Å². The van der Waals surface area contributed by atoms with Gasteiger partial charge in [-0.15, -0.1) is 0 Å². The first kappa shape index (κ1) is 16.7. The van der Waals surface area contributed by atoms with E-state index in [1.165, 1.54) is 11.7 Å². The molecule has 1 aliphatic carbocycles. The fourth-order valence-electron chi connectivity index (χ4n) is 3.46. The number of para-hydroxylation sites is 1. The van der Waals surface area contributed by atoms with Crippen LogP contribution in [-0.2, 0) is 0 Å². The van der Waals surface area contributed by atoms with E-state index in [1.54, 1.807) is 18.6 Å². The van der Waals surface area contributed by atoms with Gasteiger partial charge in [-0.1, -0.05) is 24.3 Å². The molecule has 0 bridgehead atoms. The molecule has 0 N–H and O–H groups in total. The van der Waals surface area contributed by atoms with E-state index in [-0.39, 0.29) is 0 Å². The Morgan fingerprint density at radius 2 is 1.86 bits per heavy atom. The van der Waals surface area contributed by atoms with Crippen LogP contribution in [0.4, 0.5) is 0 Å². The second-order valence-electron chi connectivity index (χ2n) is 7.11. The van der Waals surface area contributed by atoms with Crippen LogP contribution < -0.4 is 4.74 Å². The third-order valence-corrected chi connectivity index (χ3v) is 5.10. The summed E-state index contributed by atoms with van der Waals surface area (Å²) in [5.41, 5.74) is 3.85. The van der Waals surface area contributed by atoms with Crippen molar-refractivity contribution in [1.29, 1.82) is 0 Å². The lowest BCUT2D eigenvalue weighted by Gasteiger charge is -2.10. The molecule has 138 valence electrons. The summed E-state index contributed by atoms with van der Waals surface area (Å²) in [6, 6.07) is 12.5. The molecule has 4 aromatic rings.